The predicted molar refractivity (Wildman–Crippen MR) is 182 cm³/mol. The Balaban J connectivity index is 1.54. The Labute approximate surface area is 287 Å². The SMILES string of the molecule is CCCc1c(C=O)c(CC)c(C(=O)OCC)n1NC(=O)c1cc(S(=O)(=O)N2CCN(CCOC(=O)c3ccccc3)CC2)ccc1OCC. The Bertz CT molecular complexity index is 1750. The maximum atomic E-state index is 13.9. The first-order valence-electron chi connectivity index (χ1n) is 16.5. The lowest BCUT2D eigenvalue weighted by molar-refractivity contribution is 0.0443. The maximum Gasteiger partial charge on any atom is 0.357 e. The van der Waals surface area contributed by atoms with Gasteiger partial charge in [-0.25, -0.2) is 22.7 Å². The van der Waals surface area contributed by atoms with Gasteiger partial charge in [-0.3, -0.25) is 19.9 Å². The molecule has 1 N–H and O–H groups in total. The largest absolute Gasteiger partial charge is 0.493 e. The number of sulfonamides is 1. The second kappa shape index (κ2) is 17.2. The normalized spacial score (nSPS) is 13.9. The van der Waals surface area contributed by atoms with Gasteiger partial charge in [0.1, 0.15) is 12.4 Å². The van der Waals surface area contributed by atoms with Crippen molar-refractivity contribution in [3.63, 3.8) is 0 Å². The van der Waals surface area contributed by atoms with Gasteiger partial charge in [-0.15, -0.1) is 0 Å². The van der Waals surface area contributed by atoms with Crippen LogP contribution < -0.4 is 10.2 Å². The lowest BCUT2D eigenvalue weighted by Gasteiger charge is -2.33. The van der Waals surface area contributed by atoms with E-state index in [0.717, 1.165) is 0 Å². The van der Waals surface area contributed by atoms with Gasteiger partial charge in [0, 0.05) is 38.3 Å². The second-order valence-corrected chi connectivity index (χ2v) is 13.2. The number of rotatable bonds is 16. The van der Waals surface area contributed by atoms with Crippen molar-refractivity contribution in [2.24, 2.45) is 0 Å². The van der Waals surface area contributed by atoms with Gasteiger partial charge < -0.3 is 14.2 Å². The number of amides is 1. The highest BCUT2D eigenvalue weighted by molar-refractivity contribution is 7.89. The highest BCUT2D eigenvalue weighted by atomic mass is 32.2. The molecule has 49 heavy (non-hydrogen) atoms. The molecule has 1 aliphatic rings. The number of nitrogens with one attached hydrogen (secondary N) is 1. The standard InChI is InChI=1S/C35H44N4O9S/c1-5-12-30-29(24-40)27(6-2)32(35(43)47-8-4)39(30)36-33(41)28-23-26(15-16-31(28)46-7-3)49(44,45)38-19-17-37(18-20-38)21-22-48-34(42)25-13-10-9-11-14-25/h9-11,13-16,23-24H,5-8,12,17-22H2,1-4H3,(H,36,41). The van der Waals surface area contributed by atoms with Crippen molar-refractivity contribution in [2.45, 2.75) is 51.9 Å². The van der Waals surface area contributed by atoms with E-state index in [-0.39, 0.29) is 54.8 Å². The van der Waals surface area contributed by atoms with Gasteiger partial charge in [0.25, 0.3) is 5.91 Å². The minimum absolute atomic E-state index is 0.0395. The van der Waals surface area contributed by atoms with Crippen LogP contribution >= 0.6 is 0 Å². The van der Waals surface area contributed by atoms with Crippen molar-refractivity contribution in [1.29, 1.82) is 0 Å². The minimum Gasteiger partial charge on any atom is -0.493 e. The number of benzene rings is 2. The van der Waals surface area contributed by atoms with Gasteiger partial charge in [-0.2, -0.15) is 4.31 Å². The zero-order chi connectivity index (χ0) is 35.6. The number of ether oxygens (including phenoxy) is 3. The average molecular weight is 697 g/mol. The smallest absolute Gasteiger partial charge is 0.357 e. The monoisotopic (exact) mass is 696 g/mol. The zero-order valence-electron chi connectivity index (χ0n) is 28.4. The summed E-state index contributed by atoms with van der Waals surface area (Å²) in [6, 6.07) is 12.8. The van der Waals surface area contributed by atoms with Crippen LogP contribution in [-0.2, 0) is 32.3 Å². The molecule has 0 spiro atoms. The quantitative estimate of drug-likeness (QED) is 0.172. The van der Waals surface area contributed by atoms with Crippen molar-refractivity contribution in [1.82, 2.24) is 13.9 Å². The van der Waals surface area contributed by atoms with Crippen molar-refractivity contribution in [2.75, 3.05) is 58.0 Å². The number of aldehydes is 1. The van der Waals surface area contributed by atoms with Crippen LogP contribution in [0.3, 0.4) is 0 Å². The molecule has 1 amide bonds. The maximum absolute atomic E-state index is 13.9. The number of carbonyl (C=O) groups is 4. The lowest BCUT2D eigenvalue weighted by atomic mass is 10.1. The van der Waals surface area contributed by atoms with Crippen LogP contribution in [0.4, 0.5) is 0 Å². The van der Waals surface area contributed by atoms with Crippen molar-refractivity contribution in [3.8, 4) is 5.75 Å². The van der Waals surface area contributed by atoms with Crippen LogP contribution in [0.2, 0.25) is 0 Å². The molecule has 0 radical (unpaired) electrons. The number of piperazine rings is 1. The molecule has 4 rings (SSSR count). The van der Waals surface area contributed by atoms with Gasteiger partial charge >= 0.3 is 11.9 Å². The Morgan fingerprint density at radius 1 is 0.898 bits per heavy atom. The third kappa shape index (κ3) is 8.56. The van der Waals surface area contributed by atoms with Crippen LogP contribution in [0.15, 0.2) is 53.4 Å². The molecule has 14 heteroatoms. The van der Waals surface area contributed by atoms with E-state index in [9.17, 15) is 27.6 Å². The fraction of sp³-hybridized carbons (Fsp3) is 0.429. The Hall–Kier alpha value is -4.53. The van der Waals surface area contributed by atoms with E-state index in [1.54, 1.807) is 45.0 Å². The molecule has 3 aromatic rings. The van der Waals surface area contributed by atoms with Crippen molar-refractivity contribution >= 4 is 34.2 Å². The zero-order valence-corrected chi connectivity index (χ0v) is 29.2. The molecule has 0 aliphatic carbocycles. The molecule has 1 fully saturated rings. The molecule has 2 heterocycles. The van der Waals surface area contributed by atoms with Crippen LogP contribution in [0.1, 0.15) is 86.9 Å². The molecule has 1 aromatic heterocycles. The van der Waals surface area contributed by atoms with Crippen molar-refractivity contribution in [3.05, 3.63) is 82.2 Å². The summed E-state index contributed by atoms with van der Waals surface area (Å²) in [7, 11) is -4.01. The Kier molecular flexibility index (Phi) is 13.1. The van der Waals surface area contributed by atoms with E-state index in [4.69, 9.17) is 14.2 Å². The molecule has 13 nitrogen and oxygen atoms in total. The second-order valence-electron chi connectivity index (χ2n) is 11.2. The summed E-state index contributed by atoms with van der Waals surface area (Å²) < 4.78 is 46.6. The molecule has 2 aromatic carbocycles. The fourth-order valence-electron chi connectivity index (χ4n) is 5.77. The third-order valence-electron chi connectivity index (χ3n) is 8.17. The first-order chi connectivity index (χ1) is 23.6. The molecule has 1 saturated heterocycles. The van der Waals surface area contributed by atoms with E-state index >= 15 is 0 Å². The van der Waals surface area contributed by atoms with Gasteiger partial charge in [0.2, 0.25) is 10.0 Å². The molecule has 0 unspecified atom stereocenters. The van der Waals surface area contributed by atoms with Gasteiger partial charge in [-0.1, -0.05) is 38.5 Å². The summed E-state index contributed by atoms with van der Waals surface area (Å²) in [5, 5.41) is 0. The summed E-state index contributed by atoms with van der Waals surface area (Å²) in [4.78, 5) is 53.4. The van der Waals surface area contributed by atoms with E-state index < -0.39 is 27.9 Å². The number of hydrogen-bond acceptors (Lipinski definition) is 10. The highest BCUT2D eigenvalue weighted by Gasteiger charge is 2.32. The van der Waals surface area contributed by atoms with Crippen LogP contribution in [0.25, 0.3) is 0 Å². The Morgan fingerprint density at radius 3 is 2.22 bits per heavy atom. The van der Waals surface area contributed by atoms with E-state index in [2.05, 4.69) is 5.43 Å². The first kappa shape index (κ1) is 37.3. The van der Waals surface area contributed by atoms with Crippen molar-refractivity contribution < 1.29 is 41.8 Å². The molecule has 264 valence electrons. The van der Waals surface area contributed by atoms with Gasteiger partial charge in [-0.05, 0) is 62.6 Å². The fourth-order valence-corrected chi connectivity index (χ4v) is 7.22. The molecule has 0 atom stereocenters. The minimum atomic E-state index is -4.01. The number of carbonyl (C=O) groups excluding carboxylic acids is 4. The van der Waals surface area contributed by atoms with E-state index in [0.29, 0.717) is 67.6 Å². The number of esters is 2. The first-order valence-corrected chi connectivity index (χ1v) is 18.0. The predicted octanol–water partition coefficient (Wildman–Crippen LogP) is 3.94. The third-order valence-corrected chi connectivity index (χ3v) is 10.1. The molecular weight excluding hydrogens is 652 g/mol. The topological polar surface area (TPSA) is 154 Å². The van der Waals surface area contributed by atoms with Crippen LogP contribution in [0, 0.1) is 0 Å². The summed E-state index contributed by atoms with van der Waals surface area (Å²) in [6.45, 7) is 9.29. The number of hydrogen-bond donors (Lipinski definition) is 1. The molecule has 0 bridgehead atoms. The Morgan fingerprint density at radius 2 is 1.61 bits per heavy atom. The number of aromatic nitrogens is 1. The summed E-state index contributed by atoms with van der Waals surface area (Å²) >= 11 is 0. The molecule has 0 saturated carbocycles. The summed E-state index contributed by atoms with van der Waals surface area (Å²) in [6.07, 6.45) is 2.02. The van der Waals surface area contributed by atoms with Crippen LogP contribution in [-0.4, -0.2) is 99.0 Å². The molecular formula is C35H44N4O9S. The summed E-state index contributed by atoms with van der Waals surface area (Å²) in [5.41, 5.74) is 4.39. The lowest BCUT2D eigenvalue weighted by Crippen LogP contribution is -2.49. The summed E-state index contributed by atoms with van der Waals surface area (Å²) in [5.74, 6) is -1.68. The highest BCUT2D eigenvalue weighted by Crippen LogP contribution is 2.28. The van der Waals surface area contributed by atoms with E-state index in [1.807, 2.05) is 17.9 Å². The van der Waals surface area contributed by atoms with Gasteiger partial charge in [0.15, 0.2) is 12.0 Å². The average Bonchev–Trinajstić information content (AvgIpc) is 3.40. The van der Waals surface area contributed by atoms with Crippen LogP contribution in [0.5, 0.6) is 5.75 Å². The van der Waals surface area contributed by atoms with Gasteiger partial charge in [0.05, 0.1) is 34.9 Å². The number of nitrogens with zero attached hydrogens (tertiary/aromatic N) is 3. The molecule has 1 aliphatic heterocycles. The van der Waals surface area contributed by atoms with E-state index in [1.165, 1.54) is 27.2 Å².